The van der Waals surface area contributed by atoms with Crippen LogP contribution >= 0.6 is 0 Å². The second-order valence-corrected chi connectivity index (χ2v) is 4.52. The summed E-state index contributed by atoms with van der Waals surface area (Å²) in [4.78, 5) is 0. The number of rotatable bonds is 5. The van der Waals surface area contributed by atoms with Gasteiger partial charge in [0.1, 0.15) is 18.1 Å². The van der Waals surface area contributed by atoms with Crippen molar-refractivity contribution in [3.63, 3.8) is 0 Å². The van der Waals surface area contributed by atoms with Gasteiger partial charge in [-0.1, -0.05) is 6.07 Å². The van der Waals surface area contributed by atoms with Crippen LogP contribution in [0.3, 0.4) is 0 Å². The number of furan rings is 1. The summed E-state index contributed by atoms with van der Waals surface area (Å²) >= 11 is 0. The van der Waals surface area contributed by atoms with E-state index in [2.05, 4.69) is 22.0 Å². The molecule has 3 aromatic rings. The molecule has 4 nitrogen and oxygen atoms in total. The Hall–Kier alpha value is -2.46. The zero-order valence-corrected chi connectivity index (χ0v) is 11.0. The van der Waals surface area contributed by atoms with Crippen molar-refractivity contribution in [3.05, 3.63) is 72.4 Å². The highest BCUT2D eigenvalue weighted by Gasteiger charge is 2.02. The summed E-state index contributed by atoms with van der Waals surface area (Å²) in [7, 11) is 0. The van der Waals surface area contributed by atoms with Gasteiger partial charge in [-0.2, -0.15) is 0 Å². The van der Waals surface area contributed by atoms with Gasteiger partial charge in [0.2, 0.25) is 0 Å². The number of nitrogens with one attached hydrogen (secondary N) is 1. The summed E-state index contributed by atoms with van der Waals surface area (Å²) in [6.45, 7) is 0.526. The van der Waals surface area contributed by atoms with Gasteiger partial charge >= 0.3 is 0 Å². The third kappa shape index (κ3) is 2.75. The van der Waals surface area contributed by atoms with Gasteiger partial charge in [0, 0.05) is 23.8 Å². The maximum atomic E-state index is 8.96. The van der Waals surface area contributed by atoms with Crippen molar-refractivity contribution in [2.45, 2.75) is 13.2 Å². The molecule has 0 unspecified atom stereocenters. The Bertz CT molecular complexity index is 671. The van der Waals surface area contributed by atoms with E-state index in [0.29, 0.717) is 12.3 Å². The van der Waals surface area contributed by atoms with Crippen molar-refractivity contribution in [1.29, 1.82) is 0 Å². The van der Waals surface area contributed by atoms with Crippen molar-refractivity contribution in [3.8, 4) is 5.69 Å². The summed E-state index contributed by atoms with van der Waals surface area (Å²) in [6, 6.07) is 15.8. The third-order valence-electron chi connectivity index (χ3n) is 3.09. The second kappa shape index (κ2) is 5.67. The molecular formula is C16H16N2O2. The smallest absolute Gasteiger partial charge is 0.129 e. The molecule has 0 aliphatic carbocycles. The first-order valence-corrected chi connectivity index (χ1v) is 6.51. The minimum absolute atomic E-state index is 0.0664. The van der Waals surface area contributed by atoms with Crippen molar-refractivity contribution in [1.82, 2.24) is 4.57 Å². The molecule has 0 aliphatic rings. The van der Waals surface area contributed by atoms with Crippen LogP contribution in [0.1, 0.15) is 11.5 Å². The van der Waals surface area contributed by atoms with Crippen LogP contribution < -0.4 is 5.32 Å². The average Bonchev–Trinajstić information content (AvgIpc) is 3.17. The Morgan fingerprint density at radius 2 is 1.80 bits per heavy atom. The largest absolute Gasteiger partial charge is 0.462 e. The van der Waals surface area contributed by atoms with Crippen LogP contribution in [0.4, 0.5) is 5.69 Å². The van der Waals surface area contributed by atoms with Gasteiger partial charge in [0.15, 0.2) is 0 Å². The molecule has 102 valence electrons. The first-order chi connectivity index (χ1) is 9.85. The molecule has 2 N–H and O–H groups in total. The molecule has 2 aromatic heterocycles. The van der Waals surface area contributed by atoms with Gasteiger partial charge in [0.25, 0.3) is 0 Å². The van der Waals surface area contributed by atoms with Crippen molar-refractivity contribution < 1.29 is 9.52 Å². The van der Waals surface area contributed by atoms with E-state index in [0.717, 1.165) is 17.1 Å². The van der Waals surface area contributed by atoms with Crippen LogP contribution in [0.15, 0.2) is 65.3 Å². The van der Waals surface area contributed by atoms with Gasteiger partial charge in [-0.05, 0) is 42.5 Å². The lowest BCUT2D eigenvalue weighted by Crippen LogP contribution is -1.99. The molecule has 3 rings (SSSR count). The minimum Gasteiger partial charge on any atom is -0.462 e. The number of hydrogen-bond acceptors (Lipinski definition) is 3. The maximum absolute atomic E-state index is 8.96. The minimum atomic E-state index is -0.0664. The van der Waals surface area contributed by atoms with Crippen LogP contribution in [0, 0.1) is 0 Å². The summed E-state index contributed by atoms with van der Waals surface area (Å²) < 4.78 is 7.50. The number of aliphatic hydroxyl groups is 1. The van der Waals surface area contributed by atoms with Crippen LogP contribution in [-0.2, 0) is 13.2 Å². The van der Waals surface area contributed by atoms with Crippen LogP contribution in [0.2, 0.25) is 0 Å². The molecule has 0 fully saturated rings. The maximum Gasteiger partial charge on any atom is 0.129 e. The Morgan fingerprint density at radius 1 is 1.00 bits per heavy atom. The molecule has 0 radical (unpaired) electrons. The van der Waals surface area contributed by atoms with Gasteiger partial charge in [0.05, 0.1) is 6.54 Å². The lowest BCUT2D eigenvalue weighted by atomic mass is 10.2. The van der Waals surface area contributed by atoms with Gasteiger partial charge in [-0.25, -0.2) is 0 Å². The van der Waals surface area contributed by atoms with Gasteiger partial charge in [-0.3, -0.25) is 0 Å². The lowest BCUT2D eigenvalue weighted by Gasteiger charge is -2.08. The molecule has 0 spiro atoms. The highest BCUT2D eigenvalue weighted by molar-refractivity contribution is 5.51. The van der Waals surface area contributed by atoms with E-state index >= 15 is 0 Å². The second-order valence-electron chi connectivity index (χ2n) is 4.52. The normalized spacial score (nSPS) is 10.7. The zero-order valence-electron chi connectivity index (χ0n) is 11.0. The molecular weight excluding hydrogens is 252 g/mol. The molecule has 0 aliphatic heterocycles. The van der Waals surface area contributed by atoms with Gasteiger partial charge < -0.3 is 19.4 Å². The average molecular weight is 268 g/mol. The van der Waals surface area contributed by atoms with E-state index in [1.165, 1.54) is 0 Å². The zero-order chi connectivity index (χ0) is 13.8. The first-order valence-electron chi connectivity index (χ1n) is 6.51. The van der Waals surface area contributed by atoms with Crippen LogP contribution in [-0.4, -0.2) is 9.67 Å². The van der Waals surface area contributed by atoms with Crippen molar-refractivity contribution in [2.24, 2.45) is 0 Å². The molecule has 0 atom stereocenters. The molecule has 0 amide bonds. The van der Waals surface area contributed by atoms with Crippen molar-refractivity contribution >= 4 is 5.69 Å². The Morgan fingerprint density at radius 3 is 2.55 bits per heavy atom. The predicted molar refractivity (Wildman–Crippen MR) is 77.7 cm³/mol. The molecule has 0 saturated heterocycles. The lowest BCUT2D eigenvalue weighted by molar-refractivity contribution is 0.244. The summed E-state index contributed by atoms with van der Waals surface area (Å²) in [5.74, 6) is 1.39. The van der Waals surface area contributed by atoms with Crippen LogP contribution in [0.5, 0.6) is 0 Å². The van der Waals surface area contributed by atoms with E-state index in [1.54, 1.807) is 6.07 Å². The monoisotopic (exact) mass is 268 g/mol. The topological polar surface area (TPSA) is 50.3 Å². The number of nitrogens with zero attached hydrogens (tertiary/aromatic N) is 1. The summed E-state index contributed by atoms with van der Waals surface area (Å²) in [5, 5.41) is 12.3. The van der Waals surface area contributed by atoms with Crippen molar-refractivity contribution in [2.75, 3.05) is 5.32 Å². The number of hydrogen-bond donors (Lipinski definition) is 2. The Kier molecular flexibility index (Phi) is 3.56. The highest BCUT2D eigenvalue weighted by atomic mass is 16.4. The summed E-state index contributed by atoms with van der Waals surface area (Å²) in [5.41, 5.74) is 2.13. The number of aliphatic hydroxyl groups excluding tert-OH is 1. The van der Waals surface area contributed by atoms with Crippen LogP contribution in [0.25, 0.3) is 5.69 Å². The van der Waals surface area contributed by atoms with E-state index in [4.69, 9.17) is 9.52 Å². The van der Waals surface area contributed by atoms with Gasteiger partial charge in [-0.15, -0.1) is 0 Å². The fourth-order valence-corrected chi connectivity index (χ4v) is 2.07. The van der Waals surface area contributed by atoms with E-state index in [9.17, 15) is 0 Å². The quantitative estimate of drug-likeness (QED) is 0.747. The first kappa shape index (κ1) is 12.6. The fourth-order valence-electron chi connectivity index (χ4n) is 2.07. The number of benzene rings is 1. The molecule has 20 heavy (non-hydrogen) atoms. The third-order valence-corrected chi connectivity index (χ3v) is 3.09. The highest BCUT2D eigenvalue weighted by Crippen LogP contribution is 2.16. The fraction of sp³-hybridized carbons (Fsp3) is 0.125. The van der Waals surface area contributed by atoms with E-state index < -0.39 is 0 Å². The predicted octanol–water partition coefficient (Wildman–Crippen LogP) is 3.17. The number of aromatic nitrogens is 1. The Labute approximate surface area is 117 Å². The Balaban J connectivity index is 1.70. The molecule has 0 bridgehead atoms. The molecule has 4 heteroatoms. The van der Waals surface area contributed by atoms with E-state index in [1.807, 2.05) is 42.7 Å². The SMILES string of the molecule is OCc1ccc(CNc2cccc(-n3cccc3)c2)o1. The molecule has 1 aromatic carbocycles. The summed E-state index contributed by atoms with van der Waals surface area (Å²) in [6.07, 6.45) is 4.03. The molecule has 2 heterocycles. The standard InChI is InChI=1S/C16H16N2O2/c19-12-16-7-6-15(20-16)11-17-13-4-3-5-14(10-13)18-8-1-2-9-18/h1-10,17,19H,11-12H2. The number of anilines is 1. The molecule has 0 saturated carbocycles. The van der Waals surface area contributed by atoms with E-state index in [-0.39, 0.29) is 6.61 Å².